The number of amides is 5. The number of aryl methyl sites for hydroxylation is 1. The topological polar surface area (TPSA) is 156 Å². The molecule has 5 saturated heterocycles. The lowest BCUT2D eigenvalue weighted by molar-refractivity contribution is -0.140. The summed E-state index contributed by atoms with van der Waals surface area (Å²) in [6.45, 7) is 39.9. The molecule has 0 unspecified atom stereocenters. The Morgan fingerprint density at radius 1 is 0.624 bits per heavy atom. The molecule has 0 saturated carbocycles. The van der Waals surface area contributed by atoms with Crippen molar-refractivity contribution in [3.8, 4) is 0 Å². The van der Waals surface area contributed by atoms with Crippen LogP contribution in [0.4, 0.5) is 9.18 Å². The third-order valence-corrected chi connectivity index (χ3v) is 24.6. The second kappa shape index (κ2) is 32.9. The van der Waals surface area contributed by atoms with E-state index in [4.69, 9.17) is 4.74 Å². The zero-order valence-corrected chi connectivity index (χ0v) is 64.5. The summed E-state index contributed by atoms with van der Waals surface area (Å²) in [5, 5.41) is 6.52. The highest BCUT2D eigenvalue weighted by atomic mass is 19.1. The molecule has 12 rings (SSSR count). The monoisotopic (exact) mass is 1400 g/mol. The molecule has 17 heteroatoms. The molecule has 3 spiro atoms. The second-order valence-corrected chi connectivity index (χ2v) is 35.6. The summed E-state index contributed by atoms with van der Waals surface area (Å²) in [6, 6.07) is 22.6. The largest absolute Gasteiger partial charge is 0.453 e. The Labute approximate surface area is 610 Å². The molecule has 6 heterocycles. The van der Waals surface area contributed by atoms with Crippen LogP contribution >= 0.6 is 0 Å². The molecule has 0 radical (unpaired) electrons. The first kappa shape index (κ1) is 77.4. The van der Waals surface area contributed by atoms with Crippen LogP contribution in [0.15, 0.2) is 79.3 Å². The van der Waals surface area contributed by atoms with Gasteiger partial charge in [-0.25, -0.2) is 14.2 Å². The fourth-order valence-corrected chi connectivity index (χ4v) is 18.2. The van der Waals surface area contributed by atoms with Gasteiger partial charge in [-0.2, -0.15) is 0 Å². The average Bonchev–Trinajstić information content (AvgIpc) is 0.801. The molecular formula is C84H133FN10O6. The number of fused-ring (bicyclic) bond motifs is 6. The molecule has 4 atom stereocenters. The van der Waals surface area contributed by atoms with Gasteiger partial charge in [0.05, 0.1) is 31.6 Å². The first-order chi connectivity index (χ1) is 47.9. The smallest absolute Gasteiger partial charge is 0.409 e. The number of nitrogens with zero attached hydrogens (tertiary/aromatic N) is 8. The van der Waals surface area contributed by atoms with Gasteiger partial charge in [-0.1, -0.05) is 131 Å². The fraction of sp³-hybridized carbons (Fsp3) is 0.690. The lowest BCUT2D eigenvalue weighted by Gasteiger charge is -2.49. The van der Waals surface area contributed by atoms with E-state index in [0.29, 0.717) is 60.8 Å². The van der Waals surface area contributed by atoms with Gasteiger partial charge in [-0.3, -0.25) is 19.2 Å². The van der Waals surface area contributed by atoms with Crippen LogP contribution in [0.1, 0.15) is 271 Å². The quantitative estimate of drug-likeness (QED) is 0.117. The Morgan fingerprint density at radius 2 is 1.10 bits per heavy atom. The number of carbonyl (C=O) groups excluding carboxylic acids is 5. The minimum atomic E-state index is -0.371. The van der Waals surface area contributed by atoms with Crippen LogP contribution < -0.4 is 10.6 Å². The summed E-state index contributed by atoms with van der Waals surface area (Å²) in [6.07, 6.45) is 22.7. The van der Waals surface area contributed by atoms with E-state index in [-0.39, 0.29) is 92.1 Å². The molecule has 16 nitrogen and oxygen atoms in total. The van der Waals surface area contributed by atoms with Crippen molar-refractivity contribution in [3.63, 3.8) is 0 Å². The number of carbonyl (C=O) groups is 5. The zero-order valence-electron chi connectivity index (χ0n) is 64.5. The predicted octanol–water partition coefficient (Wildman–Crippen LogP) is 16.0. The molecule has 5 amide bonds. The number of benzene rings is 3. The van der Waals surface area contributed by atoms with Crippen LogP contribution in [0.5, 0.6) is 0 Å². The van der Waals surface area contributed by atoms with Crippen LogP contribution in [-0.2, 0) is 42.4 Å². The Morgan fingerprint density at radius 3 is 1.56 bits per heavy atom. The summed E-state index contributed by atoms with van der Waals surface area (Å²) in [5.74, 6) is 0.117. The van der Waals surface area contributed by atoms with Crippen molar-refractivity contribution in [1.82, 2.24) is 49.6 Å². The number of likely N-dealkylation sites (tertiary alicyclic amines) is 5. The van der Waals surface area contributed by atoms with Gasteiger partial charge < -0.3 is 49.3 Å². The number of halogens is 1. The molecule has 5 aliphatic heterocycles. The predicted molar refractivity (Wildman–Crippen MR) is 408 cm³/mol. The first-order valence-electron chi connectivity index (χ1n) is 39.1. The van der Waals surface area contributed by atoms with Crippen molar-refractivity contribution in [2.24, 2.45) is 35.1 Å². The van der Waals surface area contributed by atoms with E-state index in [1.54, 1.807) is 28.1 Å². The number of aromatic nitrogens is 2. The van der Waals surface area contributed by atoms with E-state index in [2.05, 4.69) is 153 Å². The molecule has 8 aliphatic rings. The minimum absolute atomic E-state index is 0. The average molecular weight is 1400 g/mol. The molecule has 5 fully saturated rings. The zero-order chi connectivity index (χ0) is 72.7. The van der Waals surface area contributed by atoms with E-state index in [1.165, 1.54) is 107 Å². The van der Waals surface area contributed by atoms with Gasteiger partial charge in [-0.05, 0) is 265 Å². The molecule has 0 bridgehead atoms. The van der Waals surface area contributed by atoms with Crippen LogP contribution in [-0.4, -0.2) is 167 Å². The van der Waals surface area contributed by atoms with Crippen molar-refractivity contribution in [3.05, 3.63) is 124 Å². The molecule has 2 N–H and O–H groups in total. The number of nitrogens with one attached hydrogen (secondary N) is 2. The highest BCUT2D eigenvalue weighted by molar-refractivity contribution is 5.92. The normalized spacial score (nSPS) is 22.7. The lowest BCUT2D eigenvalue weighted by atomic mass is 9.63. The Balaban J connectivity index is 0.000000216. The number of hydrogen-bond acceptors (Lipinski definition) is 10. The summed E-state index contributed by atoms with van der Waals surface area (Å²) >= 11 is 0. The SMILES string of the molecule is CC(C)[C@@H](C(=O)N[C@H]1CCC2(CCN(CCC(C)(C)C)CC2)c2ccccc21)N1CCCC1=O.CCN(C(=O)C1CCN(C(=O)OC)CC1)[C@H]1CCC2(CCN(CCC(C)(C)C)CC2)c2ccccc21.Cn1cnc(C(=O)N[C@H]2CCC3(CCN(CCC(C)(C)C)CC3)c3cc(F)ccc32)c1.[HH].[HH].[HH]. The van der Waals surface area contributed by atoms with E-state index in [9.17, 15) is 28.4 Å². The molecule has 3 aromatic carbocycles. The van der Waals surface area contributed by atoms with Gasteiger partial charge in [0.1, 0.15) is 17.6 Å². The maximum atomic E-state index is 14.3. The Hall–Kier alpha value is -6.17. The standard InChI is InChI=1S/C30H47N3O3.C29H45N3O2.C25H35FN4O.3H2/c1-6-33(27(34)23-12-18-32(19-13-23)28(35)36-5)26-11-14-30(25-10-8-7-9-24(25)26)16-21-31(22-17-30)20-15-29(2,3)4;1-21(2)26(32-17-8-11-25(32)33)27(34)30-24-12-13-29(23-10-7-6-9-22(23)24)15-19-31(20-16-29)18-14-28(3,4)5;1-24(2,3)9-12-30-13-10-25(11-14-30)8-7-21(19-6-5-18(26)15-20(19)25)28-23(31)22-16-29(4)17-27-22;;;/h7-10,23,26H,6,11-22H2,1-5H3;6-7,9-10,21,24,26H,8,11-20H2,1-5H3,(H,30,34);5-6,15-17,21H,7-14H2,1-4H3,(H,28,31);3*1H/t26-;24-,26-;21-;;;/m000.../s1. The summed E-state index contributed by atoms with van der Waals surface area (Å²) in [4.78, 5) is 81.8. The van der Waals surface area contributed by atoms with Crippen LogP contribution in [0.3, 0.4) is 0 Å². The fourth-order valence-electron chi connectivity index (χ4n) is 18.2. The molecule has 3 aliphatic carbocycles. The molecule has 4 aromatic rings. The van der Waals surface area contributed by atoms with E-state index >= 15 is 0 Å². The number of ether oxygens (including phenoxy) is 1. The van der Waals surface area contributed by atoms with Gasteiger partial charge in [0, 0.05) is 56.0 Å². The molecular weight excluding hydrogens is 1260 g/mol. The van der Waals surface area contributed by atoms with Gasteiger partial charge in [0.25, 0.3) is 5.91 Å². The number of rotatable bonds is 15. The maximum absolute atomic E-state index is 14.3. The lowest BCUT2D eigenvalue weighted by Crippen LogP contribution is -2.52. The minimum Gasteiger partial charge on any atom is -0.453 e. The van der Waals surface area contributed by atoms with E-state index in [1.807, 2.05) is 31.9 Å². The Bertz CT molecular complexity index is 3460. The van der Waals surface area contributed by atoms with Crippen molar-refractivity contribution >= 4 is 29.7 Å². The van der Waals surface area contributed by atoms with Crippen molar-refractivity contribution in [1.29, 1.82) is 0 Å². The van der Waals surface area contributed by atoms with Crippen LogP contribution in [0.25, 0.3) is 0 Å². The number of methoxy groups -OCH3 is 1. The third-order valence-electron chi connectivity index (χ3n) is 24.6. The molecule has 562 valence electrons. The van der Waals surface area contributed by atoms with Gasteiger partial charge >= 0.3 is 6.09 Å². The van der Waals surface area contributed by atoms with Gasteiger partial charge in [-0.15, -0.1) is 0 Å². The molecule has 1 aromatic heterocycles. The van der Waals surface area contributed by atoms with Crippen molar-refractivity contribution < 1.29 is 37.4 Å². The van der Waals surface area contributed by atoms with Crippen molar-refractivity contribution in [2.45, 2.75) is 245 Å². The summed E-state index contributed by atoms with van der Waals surface area (Å²) < 4.78 is 20.9. The number of imidazole rings is 1. The molecule has 101 heavy (non-hydrogen) atoms. The van der Waals surface area contributed by atoms with E-state index < -0.39 is 0 Å². The second-order valence-electron chi connectivity index (χ2n) is 35.6. The Kier molecular flexibility index (Phi) is 25.2. The third kappa shape index (κ3) is 19.0. The van der Waals surface area contributed by atoms with Crippen LogP contribution in [0.2, 0.25) is 0 Å². The number of hydrogen-bond donors (Lipinski definition) is 2. The summed E-state index contributed by atoms with van der Waals surface area (Å²) in [5.41, 5.74) is 9.78. The van der Waals surface area contributed by atoms with Gasteiger partial charge in [0.2, 0.25) is 17.7 Å². The first-order valence-corrected chi connectivity index (χ1v) is 39.1. The maximum Gasteiger partial charge on any atom is 0.409 e. The number of piperidine rings is 4. The van der Waals surface area contributed by atoms with Crippen LogP contribution in [0, 0.1) is 33.9 Å². The highest BCUT2D eigenvalue weighted by Crippen LogP contribution is 2.52. The highest BCUT2D eigenvalue weighted by Gasteiger charge is 2.48. The van der Waals surface area contributed by atoms with Crippen molar-refractivity contribution in [2.75, 3.05) is 92.2 Å². The van der Waals surface area contributed by atoms with E-state index in [0.717, 1.165) is 108 Å². The van der Waals surface area contributed by atoms with Gasteiger partial charge in [0.15, 0.2) is 0 Å². The summed E-state index contributed by atoms with van der Waals surface area (Å²) in [7, 11) is 3.27.